The van der Waals surface area contributed by atoms with Crippen molar-refractivity contribution in [2.45, 2.75) is 26.0 Å². The van der Waals surface area contributed by atoms with Crippen LogP contribution in [0.3, 0.4) is 0 Å². The van der Waals surface area contributed by atoms with Crippen molar-refractivity contribution in [3.63, 3.8) is 0 Å². The van der Waals surface area contributed by atoms with Crippen molar-refractivity contribution in [3.8, 4) is 0 Å². The zero-order chi connectivity index (χ0) is 18.0. The second-order valence-corrected chi connectivity index (χ2v) is 6.29. The van der Waals surface area contributed by atoms with Crippen molar-refractivity contribution in [2.75, 3.05) is 32.7 Å². The van der Waals surface area contributed by atoms with Gasteiger partial charge in [0.05, 0.1) is 12.0 Å². The molecule has 0 saturated carbocycles. The summed E-state index contributed by atoms with van der Waals surface area (Å²) in [5.74, 6) is -0.788. The maximum Gasteiger partial charge on any atom is 0.291 e. The molecule has 1 aromatic rings. The minimum absolute atomic E-state index is 0.126. The molecule has 0 spiro atoms. The van der Waals surface area contributed by atoms with Crippen LogP contribution >= 0.6 is 0 Å². The zero-order valence-corrected chi connectivity index (χ0v) is 14.1. The standard InChI is InChI=1S/C15H22N6O4/c1-2-21-13(17-9-18-21)15(25)20-4-3-19(7-11(22)8-20)14(24)10-5-12(23)16-6-10/h9-11,22H,2-8H2,1H3,(H,16,23). The second-order valence-electron chi connectivity index (χ2n) is 6.29. The predicted octanol–water partition coefficient (Wildman–Crippen LogP) is -1.92. The van der Waals surface area contributed by atoms with Gasteiger partial charge in [-0.25, -0.2) is 9.67 Å². The number of aryl methyl sites for hydroxylation is 1. The lowest BCUT2D eigenvalue weighted by Gasteiger charge is -2.24. The fourth-order valence-corrected chi connectivity index (χ4v) is 3.22. The van der Waals surface area contributed by atoms with Crippen LogP contribution in [0.2, 0.25) is 0 Å². The highest BCUT2D eigenvalue weighted by atomic mass is 16.3. The minimum Gasteiger partial charge on any atom is -0.389 e. The molecule has 1 aromatic heterocycles. The maximum absolute atomic E-state index is 12.6. The molecule has 2 saturated heterocycles. The summed E-state index contributed by atoms with van der Waals surface area (Å²) < 4.78 is 1.50. The Morgan fingerprint density at radius 2 is 2.04 bits per heavy atom. The fraction of sp³-hybridized carbons (Fsp3) is 0.667. The van der Waals surface area contributed by atoms with Crippen molar-refractivity contribution >= 4 is 17.7 Å². The Bertz CT molecular complexity index is 675. The molecule has 2 atom stereocenters. The van der Waals surface area contributed by atoms with Gasteiger partial charge in [0.25, 0.3) is 5.91 Å². The fourth-order valence-electron chi connectivity index (χ4n) is 3.22. The van der Waals surface area contributed by atoms with Gasteiger partial charge in [0.1, 0.15) is 6.33 Å². The summed E-state index contributed by atoms with van der Waals surface area (Å²) in [6.45, 7) is 3.59. The van der Waals surface area contributed by atoms with Crippen LogP contribution in [-0.4, -0.2) is 86.2 Å². The third kappa shape index (κ3) is 3.63. The first-order valence-corrected chi connectivity index (χ1v) is 8.40. The molecule has 3 amide bonds. The molecule has 2 fully saturated rings. The molecule has 2 N–H and O–H groups in total. The second kappa shape index (κ2) is 7.18. The van der Waals surface area contributed by atoms with Gasteiger partial charge >= 0.3 is 0 Å². The number of amides is 3. The SMILES string of the molecule is CCn1ncnc1C(=O)N1CCN(C(=O)C2CNC(=O)C2)CC(O)C1. The van der Waals surface area contributed by atoms with Gasteiger partial charge in [-0.2, -0.15) is 5.10 Å². The molecule has 0 bridgehead atoms. The summed E-state index contributed by atoms with van der Waals surface area (Å²) in [6.07, 6.45) is 0.650. The number of hydrogen-bond donors (Lipinski definition) is 2. The average Bonchev–Trinajstić information content (AvgIpc) is 3.19. The van der Waals surface area contributed by atoms with Crippen molar-refractivity contribution in [2.24, 2.45) is 5.92 Å². The van der Waals surface area contributed by atoms with Crippen molar-refractivity contribution in [1.29, 1.82) is 0 Å². The van der Waals surface area contributed by atoms with Gasteiger partial charge in [-0.3, -0.25) is 14.4 Å². The van der Waals surface area contributed by atoms with Crippen LogP contribution in [0.15, 0.2) is 6.33 Å². The summed E-state index contributed by atoms with van der Waals surface area (Å²) >= 11 is 0. The third-order valence-electron chi connectivity index (χ3n) is 4.53. The van der Waals surface area contributed by atoms with Gasteiger partial charge in [0.15, 0.2) is 0 Å². The van der Waals surface area contributed by atoms with Gasteiger partial charge in [0.2, 0.25) is 17.6 Å². The third-order valence-corrected chi connectivity index (χ3v) is 4.53. The number of rotatable bonds is 3. The monoisotopic (exact) mass is 350 g/mol. The molecule has 25 heavy (non-hydrogen) atoms. The minimum atomic E-state index is -0.849. The van der Waals surface area contributed by atoms with Crippen LogP contribution < -0.4 is 5.32 Å². The smallest absolute Gasteiger partial charge is 0.291 e. The van der Waals surface area contributed by atoms with E-state index in [9.17, 15) is 19.5 Å². The molecule has 10 nitrogen and oxygen atoms in total. The van der Waals surface area contributed by atoms with E-state index in [1.54, 1.807) is 0 Å². The number of carbonyl (C=O) groups is 3. The highest BCUT2D eigenvalue weighted by Crippen LogP contribution is 2.15. The first-order valence-electron chi connectivity index (χ1n) is 8.40. The number of carbonyl (C=O) groups excluding carboxylic acids is 3. The lowest BCUT2D eigenvalue weighted by atomic mass is 10.1. The van der Waals surface area contributed by atoms with Crippen LogP contribution in [0.1, 0.15) is 24.0 Å². The molecule has 136 valence electrons. The Hall–Kier alpha value is -2.49. The molecule has 2 unspecified atom stereocenters. The van der Waals surface area contributed by atoms with Gasteiger partial charge < -0.3 is 20.2 Å². The summed E-state index contributed by atoms with van der Waals surface area (Å²) in [6, 6.07) is 0. The quantitative estimate of drug-likeness (QED) is 0.656. The van der Waals surface area contributed by atoms with Crippen LogP contribution in [0.5, 0.6) is 0 Å². The van der Waals surface area contributed by atoms with E-state index < -0.39 is 12.0 Å². The molecule has 0 radical (unpaired) electrons. The van der Waals surface area contributed by atoms with Crippen molar-refractivity contribution < 1.29 is 19.5 Å². The number of aromatic nitrogens is 3. The topological polar surface area (TPSA) is 121 Å². The normalized spacial score (nSPS) is 24.2. The predicted molar refractivity (Wildman–Crippen MR) is 85.3 cm³/mol. The maximum atomic E-state index is 12.6. The molecular weight excluding hydrogens is 328 g/mol. The molecule has 2 aliphatic rings. The number of β-amino-alcohol motifs (C(OH)–C–C–N with tert-alkyl or cyclic N) is 1. The number of aliphatic hydroxyl groups is 1. The lowest BCUT2D eigenvalue weighted by molar-refractivity contribution is -0.136. The lowest BCUT2D eigenvalue weighted by Crippen LogP contribution is -2.41. The summed E-state index contributed by atoms with van der Waals surface area (Å²) in [7, 11) is 0. The summed E-state index contributed by atoms with van der Waals surface area (Å²) in [4.78, 5) is 43.5. The Kier molecular flexibility index (Phi) is 4.98. The van der Waals surface area contributed by atoms with E-state index >= 15 is 0 Å². The zero-order valence-electron chi connectivity index (χ0n) is 14.1. The molecular formula is C15H22N6O4. The van der Waals surface area contributed by atoms with E-state index in [1.807, 2.05) is 6.92 Å². The van der Waals surface area contributed by atoms with E-state index in [1.165, 1.54) is 20.8 Å². The van der Waals surface area contributed by atoms with Crippen LogP contribution in [0.25, 0.3) is 0 Å². The van der Waals surface area contributed by atoms with E-state index in [0.29, 0.717) is 26.2 Å². The van der Waals surface area contributed by atoms with Crippen molar-refractivity contribution in [1.82, 2.24) is 29.9 Å². The summed E-state index contributed by atoms with van der Waals surface area (Å²) in [5.41, 5.74) is 0. The Labute approximate surface area is 144 Å². The van der Waals surface area contributed by atoms with Gasteiger partial charge in [-0.05, 0) is 6.92 Å². The van der Waals surface area contributed by atoms with Crippen LogP contribution in [-0.2, 0) is 16.1 Å². The van der Waals surface area contributed by atoms with Crippen LogP contribution in [0, 0.1) is 5.92 Å². The Morgan fingerprint density at radius 1 is 1.32 bits per heavy atom. The van der Waals surface area contributed by atoms with Gasteiger partial charge in [-0.1, -0.05) is 0 Å². The van der Waals surface area contributed by atoms with Crippen LogP contribution in [0.4, 0.5) is 0 Å². The molecule has 2 aliphatic heterocycles. The highest BCUT2D eigenvalue weighted by Gasteiger charge is 2.35. The van der Waals surface area contributed by atoms with E-state index in [4.69, 9.17) is 0 Å². The van der Waals surface area contributed by atoms with E-state index in [0.717, 1.165) is 0 Å². The molecule has 10 heteroatoms. The van der Waals surface area contributed by atoms with Gasteiger partial charge in [-0.15, -0.1) is 0 Å². The van der Waals surface area contributed by atoms with Gasteiger partial charge in [0, 0.05) is 45.7 Å². The summed E-state index contributed by atoms with van der Waals surface area (Å²) in [5, 5.41) is 16.9. The first kappa shape index (κ1) is 17.3. The number of nitrogens with zero attached hydrogens (tertiary/aromatic N) is 5. The number of aliphatic hydroxyl groups excluding tert-OH is 1. The van der Waals surface area contributed by atoms with Crippen molar-refractivity contribution in [3.05, 3.63) is 12.2 Å². The van der Waals surface area contributed by atoms with E-state index in [-0.39, 0.29) is 43.1 Å². The Balaban J connectivity index is 1.67. The average molecular weight is 350 g/mol. The number of hydrogen-bond acceptors (Lipinski definition) is 6. The largest absolute Gasteiger partial charge is 0.389 e. The highest BCUT2D eigenvalue weighted by molar-refractivity contribution is 5.91. The first-order chi connectivity index (χ1) is 12.0. The molecule has 0 aliphatic carbocycles. The molecule has 3 rings (SSSR count). The molecule has 0 aromatic carbocycles. The van der Waals surface area contributed by atoms with E-state index in [2.05, 4.69) is 15.4 Å². The molecule has 3 heterocycles. The number of nitrogens with one attached hydrogen (secondary N) is 1. The Morgan fingerprint density at radius 3 is 2.72 bits per heavy atom.